The maximum absolute atomic E-state index is 13.1. The summed E-state index contributed by atoms with van der Waals surface area (Å²) in [5, 5.41) is 4.62. The molecule has 0 radical (unpaired) electrons. The molecule has 1 aliphatic rings. The van der Waals surface area contributed by atoms with Gasteiger partial charge in [0.15, 0.2) is 5.65 Å². The van der Waals surface area contributed by atoms with E-state index < -0.39 is 5.92 Å². The van der Waals surface area contributed by atoms with Gasteiger partial charge in [-0.2, -0.15) is 5.10 Å². The fourth-order valence-corrected chi connectivity index (χ4v) is 2.55. The van der Waals surface area contributed by atoms with Crippen molar-refractivity contribution in [3.8, 4) is 0 Å². The monoisotopic (exact) mass is 271 g/mol. The zero-order chi connectivity index (χ0) is 12.8. The van der Waals surface area contributed by atoms with Crippen LogP contribution in [0.25, 0.3) is 5.65 Å². The molecule has 0 amide bonds. The second kappa shape index (κ2) is 4.16. The summed E-state index contributed by atoms with van der Waals surface area (Å²) in [5.74, 6) is -2.40. The van der Waals surface area contributed by atoms with Gasteiger partial charge in [0.1, 0.15) is 0 Å². The number of rotatable bonds is 1. The number of alkyl halides is 2. The Labute approximate surface area is 108 Å². The summed E-state index contributed by atoms with van der Waals surface area (Å²) < 4.78 is 27.8. The third-order valence-corrected chi connectivity index (χ3v) is 3.65. The second-order valence-electron chi connectivity index (χ2n) is 4.77. The summed E-state index contributed by atoms with van der Waals surface area (Å²) in [6.45, 7) is 0. The Hall–Kier alpha value is -1.23. The Balaban J connectivity index is 1.87. The summed E-state index contributed by atoms with van der Waals surface area (Å²) in [6.07, 6.45) is 4.18. The van der Waals surface area contributed by atoms with Crippen LogP contribution in [0, 0.1) is 0 Å². The molecule has 96 valence electrons. The quantitative estimate of drug-likeness (QED) is 0.792. The molecule has 18 heavy (non-hydrogen) atoms. The standard InChI is InChI=1S/C12H12ClF2N3/c13-9-5-11-17-10(7-18(11)16-6-9)8-1-3-12(14,15)4-2-8/h5-8H,1-4H2. The number of halogens is 3. The average molecular weight is 272 g/mol. The molecule has 1 saturated carbocycles. The van der Waals surface area contributed by atoms with Gasteiger partial charge in [-0.1, -0.05) is 11.6 Å². The number of imidazole rings is 1. The van der Waals surface area contributed by atoms with E-state index in [2.05, 4.69) is 10.1 Å². The second-order valence-corrected chi connectivity index (χ2v) is 5.21. The Morgan fingerprint density at radius 3 is 2.78 bits per heavy atom. The van der Waals surface area contributed by atoms with E-state index in [-0.39, 0.29) is 18.8 Å². The Morgan fingerprint density at radius 1 is 1.33 bits per heavy atom. The SMILES string of the molecule is FC1(F)CCC(c2cn3ncc(Cl)cc3n2)CC1. The largest absolute Gasteiger partial charge is 0.248 e. The van der Waals surface area contributed by atoms with Crippen LogP contribution in [0.5, 0.6) is 0 Å². The highest BCUT2D eigenvalue weighted by molar-refractivity contribution is 6.30. The van der Waals surface area contributed by atoms with Crippen LogP contribution in [0.15, 0.2) is 18.5 Å². The molecule has 0 unspecified atom stereocenters. The molecule has 0 spiro atoms. The van der Waals surface area contributed by atoms with E-state index in [1.54, 1.807) is 16.8 Å². The van der Waals surface area contributed by atoms with E-state index in [9.17, 15) is 8.78 Å². The number of hydrogen-bond acceptors (Lipinski definition) is 2. The normalized spacial score (nSPS) is 20.4. The van der Waals surface area contributed by atoms with Crippen molar-refractivity contribution in [2.75, 3.05) is 0 Å². The van der Waals surface area contributed by atoms with Gasteiger partial charge in [-0.15, -0.1) is 0 Å². The maximum Gasteiger partial charge on any atom is 0.248 e. The van der Waals surface area contributed by atoms with Gasteiger partial charge in [-0.05, 0) is 12.8 Å². The summed E-state index contributed by atoms with van der Waals surface area (Å²) in [6, 6.07) is 1.72. The summed E-state index contributed by atoms with van der Waals surface area (Å²) in [7, 11) is 0. The van der Waals surface area contributed by atoms with E-state index in [1.807, 2.05) is 0 Å². The summed E-state index contributed by atoms with van der Waals surface area (Å²) in [4.78, 5) is 4.42. The van der Waals surface area contributed by atoms with E-state index in [0.29, 0.717) is 23.5 Å². The van der Waals surface area contributed by atoms with Gasteiger partial charge in [0.2, 0.25) is 5.92 Å². The van der Waals surface area contributed by atoms with Gasteiger partial charge in [0.25, 0.3) is 0 Å². The highest BCUT2D eigenvalue weighted by Crippen LogP contribution is 2.40. The van der Waals surface area contributed by atoms with E-state index in [4.69, 9.17) is 11.6 Å². The van der Waals surface area contributed by atoms with Crippen LogP contribution in [-0.4, -0.2) is 20.5 Å². The zero-order valence-corrected chi connectivity index (χ0v) is 10.4. The molecule has 2 heterocycles. The third-order valence-electron chi connectivity index (χ3n) is 3.44. The van der Waals surface area contributed by atoms with Crippen molar-refractivity contribution in [1.82, 2.24) is 14.6 Å². The molecule has 6 heteroatoms. The van der Waals surface area contributed by atoms with Crippen LogP contribution in [0.2, 0.25) is 5.02 Å². The first kappa shape index (κ1) is 11.8. The van der Waals surface area contributed by atoms with Crippen molar-refractivity contribution in [2.45, 2.75) is 37.5 Å². The van der Waals surface area contributed by atoms with Crippen LogP contribution >= 0.6 is 11.6 Å². The molecule has 0 atom stereocenters. The first-order valence-corrected chi connectivity index (χ1v) is 6.30. The highest BCUT2D eigenvalue weighted by Gasteiger charge is 2.36. The smallest absolute Gasteiger partial charge is 0.232 e. The van der Waals surface area contributed by atoms with Gasteiger partial charge in [-0.25, -0.2) is 18.3 Å². The first-order chi connectivity index (χ1) is 8.53. The molecule has 2 aromatic rings. The lowest BCUT2D eigenvalue weighted by Gasteiger charge is -2.26. The molecule has 1 aliphatic carbocycles. The first-order valence-electron chi connectivity index (χ1n) is 5.92. The Bertz CT molecular complexity index is 572. The van der Waals surface area contributed by atoms with Crippen molar-refractivity contribution in [3.05, 3.63) is 29.2 Å². The summed E-state index contributed by atoms with van der Waals surface area (Å²) >= 11 is 5.84. The lowest BCUT2D eigenvalue weighted by molar-refractivity contribution is -0.0384. The fraction of sp³-hybridized carbons (Fsp3) is 0.500. The molecule has 2 aromatic heterocycles. The predicted octanol–water partition coefficient (Wildman–Crippen LogP) is 3.68. The predicted molar refractivity (Wildman–Crippen MR) is 64.2 cm³/mol. The summed E-state index contributed by atoms with van der Waals surface area (Å²) in [5.41, 5.74) is 1.50. The highest BCUT2D eigenvalue weighted by atomic mass is 35.5. The van der Waals surface area contributed by atoms with Crippen molar-refractivity contribution in [2.24, 2.45) is 0 Å². The van der Waals surface area contributed by atoms with Crippen molar-refractivity contribution in [1.29, 1.82) is 0 Å². The minimum Gasteiger partial charge on any atom is -0.232 e. The van der Waals surface area contributed by atoms with E-state index in [0.717, 1.165) is 5.69 Å². The number of hydrogen-bond donors (Lipinski definition) is 0. The topological polar surface area (TPSA) is 30.2 Å². The van der Waals surface area contributed by atoms with Gasteiger partial charge in [0, 0.05) is 24.8 Å². The van der Waals surface area contributed by atoms with Crippen LogP contribution < -0.4 is 0 Å². The van der Waals surface area contributed by atoms with Gasteiger partial charge in [-0.3, -0.25) is 0 Å². The third kappa shape index (κ3) is 2.19. The van der Waals surface area contributed by atoms with Gasteiger partial charge < -0.3 is 0 Å². The van der Waals surface area contributed by atoms with Crippen LogP contribution in [-0.2, 0) is 0 Å². The van der Waals surface area contributed by atoms with Crippen molar-refractivity contribution >= 4 is 17.2 Å². The molecular formula is C12H12ClF2N3. The lowest BCUT2D eigenvalue weighted by Crippen LogP contribution is -2.23. The number of aromatic nitrogens is 3. The number of fused-ring (bicyclic) bond motifs is 1. The lowest BCUT2D eigenvalue weighted by atomic mass is 9.85. The Morgan fingerprint density at radius 2 is 2.06 bits per heavy atom. The molecule has 0 bridgehead atoms. The molecule has 3 rings (SSSR count). The molecule has 0 N–H and O–H groups in total. The Kier molecular flexibility index (Phi) is 2.73. The number of nitrogens with zero attached hydrogens (tertiary/aromatic N) is 3. The minimum absolute atomic E-state index is 0.0558. The van der Waals surface area contributed by atoms with Crippen LogP contribution in [0.4, 0.5) is 8.78 Å². The van der Waals surface area contributed by atoms with Crippen molar-refractivity contribution < 1.29 is 8.78 Å². The molecular weight excluding hydrogens is 260 g/mol. The van der Waals surface area contributed by atoms with E-state index in [1.165, 1.54) is 6.20 Å². The molecule has 0 aliphatic heterocycles. The molecule has 3 nitrogen and oxygen atoms in total. The zero-order valence-electron chi connectivity index (χ0n) is 9.61. The fourth-order valence-electron chi connectivity index (χ4n) is 2.41. The van der Waals surface area contributed by atoms with Crippen LogP contribution in [0.1, 0.15) is 37.3 Å². The molecule has 1 fully saturated rings. The van der Waals surface area contributed by atoms with Crippen LogP contribution in [0.3, 0.4) is 0 Å². The minimum atomic E-state index is -2.50. The van der Waals surface area contributed by atoms with E-state index >= 15 is 0 Å². The van der Waals surface area contributed by atoms with Gasteiger partial charge >= 0.3 is 0 Å². The van der Waals surface area contributed by atoms with Crippen molar-refractivity contribution in [3.63, 3.8) is 0 Å². The molecule has 0 aromatic carbocycles. The maximum atomic E-state index is 13.1. The van der Waals surface area contributed by atoms with Gasteiger partial charge in [0.05, 0.1) is 23.1 Å². The average Bonchev–Trinajstić information content (AvgIpc) is 2.71. The molecule has 0 saturated heterocycles.